The van der Waals surface area contributed by atoms with Crippen LogP contribution < -0.4 is 0 Å². The van der Waals surface area contributed by atoms with Crippen LogP contribution in [0.4, 0.5) is 0 Å². The van der Waals surface area contributed by atoms with Crippen LogP contribution in [0.3, 0.4) is 0 Å². The quantitative estimate of drug-likeness (QED) is 0.647. The minimum Gasteiger partial charge on any atom is -0.390 e. The van der Waals surface area contributed by atoms with Gasteiger partial charge >= 0.3 is 0 Å². The van der Waals surface area contributed by atoms with Crippen LogP contribution in [-0.4, -0.2) is 24.4 Å². The molecule has 0 amide bonds. The van der Waals surface area contributed by atoms with E-state index in [1.807, 2.05) is 20.8 Å². The molecule has 0 aromatic rings. The van der Waals surface area contributed by atoms with Crippen molar-refractivity contribution in [1.29, 1.82) is 0 Å². The summed E-state index contributed by atoms with van der Waals surface area (Å²) in [6, 6.07) is 0. The zero-order valence-electron chi connectivity index (χ0n) is 8.76. The largest absolute Gasteiger partial charge is 0.390 e. The van der Waals surface area contributed by atoms with Crippen molar-refractivity contribution in [1.82, 2.24) is 0 Å². The Morgan fingerprint density at radius 1 is 1.33 bits per heavy atom. The number of aliphatic hydroxyl groups excluding tert-OH is 1. The molecule has 0 aromatic carbocycles. The van der Waals surface area contributed by atoms with Crippen LogP contribution in [0.5, 0.6) is 0 Å². The summed E-state index contributed by atoms with van der Waals surface area (Å²) >= 11 is 0. The van der Waals surface area contributed by atoms with E-state index < -0.39 is 0 Å². The Bertz CT molecular complexity index is 105. The van der Waals surface area contributed by atoms with Crippen LogP contribution in [0.25, 0.3) is 0 Å². The molecule has 12 heavy (non-hydrogen) atoms. The lowest BCUT2D eigenvalue weighted by atomic mass is 9.90. The monoisotopic (exact) mass is 174 g/mol. The van der Waals surface area contributed by atoms with Crippen molar-refractivity contribution in [3.05, 3.63) is 0 Å². The Balaban J connectivity index is 3.38. The molecule has 0 rings (SSSR count). The maximum atomic E-state index is 9.56. The van der Waals surface area contributed by atoms with E-state index in [2.05, 4.69) is 6.92 Å². The Kier molecular flexibility index (Phi) is 5.51. The van der Waals surface area contributed by atoms with Crippen LogP contribution >= 0.6 is 0 Å². The van der Waals surface area contributed by atoms with Crippen molar-refractivity contribution in [2.45, 2.75) is 46.6 Å². The fourth-order valence-electron chi connectivity index (χ4n) is 0.691. The van der Waals surface area contributed by atoms with Gasteiger partial charge in [-0.2, -0.15) is 0 Å². The molecule has 0 saturated heterocycles. The third-order valence-electron chi connectivity index (χ3n) is 1.92. The van der Waals surface area contributed by atoms with E-state index >= 15 is 0 Å². The summed E-state index contributed by atoms with van der Waals surface area (Å²) in [5, 5.41) is 9.56. The van der Waals surface area contributed by atoms with Crippen molar-refractivity contribution in [2.24, 2.45) is 5.41 Å². The fraction of sp³-hybridized carbons (Fsp3) is 1.00. The first-order valence-electron chi connectivity index (χ1n) is 4.74. The highest BCUT2D eigenvalue weighted by molar-refractivity contribution is 4.71. The molecule has 0 fully saturated rings. The molecule has 2 nitrogen and oxygen atoms in total. The van der Waals surface area contributed by atoms with Crippen LogP contribution in [0.15, 0.2) is 0 Å². The van der Waals surface area contributed by atoms with Crippen molar-refractivity contribution in [2.75, 3.05) is 13.2 Å². The Morgan fingerprint density at radius 2 is 1.92 bits per heavy atom. The number of rotatable bonds is 5. The summed E-state index contributed by atoms with van der Waals surface area (Å²) in [5.41, 5.74) is -0.0633. The number of unbranched alkanes of at least 4 members (excludes halogenated alkanes) is 1. The Labute approximate surface area is 75.9 Å². The summed E-state index contributed by atoms with van der Waals surface area (Å²) in [5.74, 6) is 0. The zero-order valence-corrected chi connectivity index (χ0v) is 8.76. The lowest BCUT2D eigenvalue weighted by Crippen LogP contribution is -2.30. The van der Waals surface area contributed by atoms with Gasteiger partial charge in [-0.25, -0.2) is 0 Å². The highest BCUT2D eigenvalue weighted by atomic mass is 16.5. The molecule has 0 heterocycles. The molecule has 0 aliphatic rings. The van der Waals surface area contributed by atoms with Crippen LogP contribution in [-0.2, 0) is 4.74 Å². The second-order valence-electron chi connectivity index (χ2n) is 4.31. The maximum Gasteiger partial charge on any atom is 0.0821 e. The number of hydrogen-bond donors (Lipinski definition) is 1. The minimum absolute atomic E-state index is 0.0633. The molecule has 0 radical (unpaired) electrons. The molecule has 1 unspecified atom stereocenters. The number of aliphatic hydroxyl groups is 1. The van der Waals surface area contributed by atoms with Gasteiger partial charge in [-0.1, -0.05) is 34.1 Å². The molecular weight excluding hydrogens is 152 g/mol. The molecule has 1 N–H and O–H groups in total. The van der Waals surface area contributed by atoms with Crippen LogP contribution in [0.2, 0.25) is 0 Å². The smallest absolute Gasteiger partial charge is 0.0821 e. The first kappa shape index (κ1) is 11.9. The lowest BCUT2D eigenvalue weighted by molar-refractivity contribution is -0.0209. The van der Waals surface area contributed by atoms with Gasteiger partial charge in [0.1, 0.15) is 0 Å². The molecule has 0 aliphatic heterocycles. The highest BCUT2D eigenvalue weighted by Crippen LogP contribution is 2.18. The van der Waals surface area contributed by atoms with Gasteiger partial charge in [0, 0.05) is 6.61 Å². The van der Waals surface area contributed by atoms with E-state index in [0.717, 1.165) is 19.4 Å². The highest BCUT2D eigenvalue weighted by Gasteiger charge is 2.21. The molecular formula is C10H22O2. The molecule has 74 valence electrons. The molecule has 2 heteroatoms. The van der Waals surface area contributed by atoms with E-state index in [1.54, 1.807) is 0 Å². The summed E-state index contributed by atoms with van der Waals surface area (Å²) in [4.78, 5) is 0. The van der Waals surface area contributed by atoms with E-state index in [9.17, 15) is 5.11 Å². The Hall–Kier alpha value is -0.0800. The number of hydrogen-bond acceptors (Lipinski definition) is 2. The van der Waals surface area contributed by atoms with Gasteiger partial charge in [-0.3, -0.25) is 0 Å². The SMILES string of the molecule is CCCCOCC(O)C(C)(C)C. The molecule has 0 spiro atoms. The van der Waals surface area contributed by atoms with Crippen LogP contribution in [0, 0.1) is 5.41 Å². The van der Waals surface area contributed by atoms with Gasteiger partial charge in [-0.15, -0.1) is 0 Å². The maximum absolute atomic E-state index is 9.56. The fourth-order valence-corrected chi connectivity index (χ4v) is 0.691. The minimum atomic E-state index is -0.352. The summed E-state index contributed by atoms with van der Waals surface area (Å²) in [6.45, 7) is 9.40. The first-order valence-corrected chi connectivity index (χ1v) is 4.74. The van der Waals surface area contributed by atoms with Gasteiger partial charge in [-0.05, 0) is 11.8 Å². The summed E-state index contributed by atoms with van der Waals surface area (Å²) in [6.07, 6.45) is 1.87. The molecule has 0 saturated carbocycles. The third kappa shape index (κ3) is 5.56. The third-order valence-corrected chi connectivity index (χ3v) is 1.92. The van der Waals surface area contributed by atoms with Gasteiger partial charge in [0.2, 0.25) is 0 Å². The first-order chi connectivity index (χ1) is 5.48. The molecule has 0 aliphatic carbocycles. The number of ether oxygens (including phenoxy) is 1. The second kappa shape index (κ2) is 5.55. The van der Waals surface area contributed by atoms with Gasteiger partial charge in [0.25, 0.3) is 0 Å². The summed E-state index contributed by atoms with van der Waals surface area (Å²) < 4.78 is 5.31. The van der Waals surface area contributed by atoms with Crippen molar-refractivity contribution in [3.8, 4) is 0 Å². The van der Waals surface area contributed by atoms with Crippen LogP contribution in [0.1, 0.15) is 40.5 Å². The van der Waals surface area contributed by atoms with Crippen molar-refractivity contribution < 1.29 is 9.84 Å². The molecule has 1 atom stereocenters. The average Bonchev–Trinajstić information content (AvgIpc) is 1.96. The van der Waals surface area contributed by atoms with Crippen molar-refractivity contribution >= 4 is 0 Å². The molecule has 0 aromatic heterocycles. The van der Waals surface area contributed by atoms with E-state index in [1.165, 1.54) is 0 Å². The zero-order chi connectivity index (χ0) is 9.61. The van der Waals surface area contributed by atoms with Gasteiger partial charge in [0.05, 0.1) is 12.7 Å². The van der Waals surface area contributed by atoms with E-state index in [-0.39, 0.29) is 11.5 Å². The van der Waals surface area contributed by atoms with Crippen molar-refractivity contribution in [3.63, 3.8) is 0 Å². The van der Waals surface area contributed by atoms with Gasteiger partial charge in [0.15, 0.2) is 0 Å². The summed E-state index contributed by atoms with van der Waals surface area (Å²) in [7, 11) is 0. The predicted molar refractivity (Wildman–Crippen MR) is 51.2 cm³/mol. The van der Waals surface area contributed by atoms with E-state index in [4.69, 9.17) is 4.74 Å². The normalized spacial score (nSPS) is 14.8. The Morgan fingerprint density at radius 3 is 2.33 bits per heavy atom. The standard InChI is InChI=1S/C10H22O2/c1-5-6-7-12-8-9(11)10(2,3)4/h9,11H,5-8H2,1-4H3. The second-order valence-corrected chi connectivity index (χ2v) is 4.31. The average molecular weight is 174 g/mol. The predicted octanol–water partition coefficient (Wildman–Crippen LogP) is 2.21. The van der Waals surface area contributed by atoms with Gasteiger partial charge < -0.3 is 9.84 Å². The molecule has 0 bridgehead atoms. The van der Waals surface area contributed by atoms with E-state index in [0.29, 0.717) is 6.61 Å². The lowest BCUT2D eigenvalue weighted by Gasteiger charge is -2.25. The topological polar surface area (TPSA) is 29.5 Å².